The maximum Gasteiger partial charge on any atom is 0.410 e. The summed E-state index contributed by atoms with van der Waals surface area (Å²) in [6, 6.07) is 43.5. The molecule has 6 aromatic carbocycles. The number of piperidine rings is 3. The summed E-state index contributed by atoms with van der Waals surface area (Å²) in [4.78, 5) is 138. The number of nitrogens with one attached hydrogen (secondary N) is 6. The van der Waals surface area contributed by atoms with Gasteiger partial charge in [-0.3, -0.25) is 28.8 Å². The van der Waals surface area contributed by atoms with Crippen LogP contribution in [0.25, 0.3) is 32.3 Å². The summed E-state index contributed by atoms with van der Waals surface area (Å²) in [6.45, 7) is 20.0. The number of benzene rings is 6. The number of halogens is 1. The van der Waals surface area contributed by atoms with Gasteiger partial charge in [0.2, 0.25) is 0 Å². The maximum atomic E-state index is 13.5. The molecule has 0 bridgehead atoms. The molecule has 9 amide bonds. The molecular weight excluding hydrogens is 1620 g/mol. The highest BCUT2D eigenvalue weighted by Crippen LogP contribution is 2.32. The minimum absolute atomic E-state index is 0.0937. The van der Waals surface area contributed by atoms with Crippen LogP contribution in [0, 0.1) is 0 Å². The second-order valence-corrected chi connectivity index (χ2v) is 33.5. The first-order valence-corrected chi connectivity index (χ1v) is 42.1. The van der Waals surface area contributed by atoms with E-state index in [-0.39, 0.29) is 90.8 Å². The lowest BCUT2D eigenvalue weighted by atomic mass is 9.99. The third kappa shape index (κ3) is 23.3. The largest absolute Gasteiger partial charge is 0.444 e. The Morgan fingerprint density at radius 1 is 0.377 bits per heavy atom. The van der Waals surface area contributed by atoms with Gasteiger partial charge in [0.1, 0.15) is 16.8 Å². The third-order valence-corrected chi connectivity index (χ3v) is 21.2. The molecule has 0 radical (unpaired) electrons. The van der Waals surface area contributed by atoms with Crippen molar-refractivity contribution in [2.24, 2.45) is 0 Å². The number of rotatable bonds is 20. The molecule has 3 fully saturated rings. The molecule has 8 heterocycles. The molecule has 3 aliphatic heterocycles. The number of nitrogens with zero attached hydrogens (tertiary/aromatic N) is 12. The molecule has 30 nitrogen and oxygen atoms in total. The zero-order valence-corrected chi connectivity index (χ0v) is 71.6. The molecule has 3 unspecified atom stereocenters. The summed E-state index contributed by atoms with van der Waals surface area (Å²) >= 11 is 3.51. The highest BCUT2D eigenvalue weighted by Gasteiger charge is 2.35. The van der Waals surface area contributed by atoms with Gasteiger partial charge in [0.15, 0.2) is 17.1 Å². The lowest BCUT2D eigenvalue weighted by Crippen LogP contribution is -2.50. The van der Waals surface area contributed by atoms with E-state index in [1.54, 1.807) is 104 Å². The number of anilines is 3. The van der Waals surface area contributed by atoms with Crippen molar-refractivity contribution in [3.05, 3.63) is 239 Å². The van der Waals surface area contributed by atoms with Crippen LogP contribution in [-0.2, 0) is 32.6 Å². The van der Waals surface area contributed by atoms with Gasteiger partial charge in [-0.2, -0.15) is 15.0 Å². The van der Waals surface area contributed by atoms with Crippen molar-refractivity contribution in [2.45, 2.75) is 173 Å². The number of fused-ring (bicyclic) bond motifs is 3. The van der Waals surface area contributed by atoms with Crippen LogP contribution >= 0.6 is 15.9 Å². The Morgan fingerprint density at radius 3 is 1.03 bits per heavy atom. The number of amides is 9. The molecule has 0 spiro atoms. The van der Waals surface area contributed by atoms with Gasteiger partial charge in [-0.25, -0.2) is 34.0 Å². The van der Waals surface area contributed by atoms with E-state index in [9.17, 15) is 43.2 Å². The van der Waals surface area contributed by atoms with Crippen LogP contribution in [-0.4, -0.2) is 188 Å². The van der Waals surface area contributed by atoms with E-state index in [4.69, 9.17) is 14.2 Å². The van der Waals surface area contributed by atoms with E-state index in [0.29, 0.717) is 71.8 Å². The summed E-state index contributed by atoms with van der Waals surface area (Å²) in [7, 11) is 0. The average Bonchev–Trinajstić information content (AvgIpc) is 0.990. The summed E-state index contributed by atoms with van der Waals surface area (Å²) < 4.78 is 18.4. The van der Waals surface area contributed by atoms with E-state index in [2.05, 4.69) is 83.3 Å². The standard InChI is InChI=1S/2C31H35N7O4.C29H33BrN4O4/c1-31(2,3)42-30(41)37-18-7-6-9-22(37)19-33-29(40)27-26(12-8-15-32-27)36-28(39)25-14-13-21(20-38-34-16-17-35-38)23-10-4-5-11-24(23)25;1-31(2,3)42-30(41)38-17-7-6-9-22(38)19-33-29(40)27-26(12-8-15-32-27)35-28(39)25-14-13-21(20-37-18-16-34-36-37)23-10-4-5-11-24(23)25;1-29(2,3)38-28(37)34-16-7-6-9-20(34)18-32-27(36)25-24(12-8-15-31-25)33-26(35)23-14-13-19(17-30)21-10-4-5-11-22(21)23/h4-5,8,10-17,22H,6-7,9,18-20H2,1-3H3,(H,33,40)(H,36,39);4-5,8,10-16,18,22H,6-7,9,17,19-20H2,1-3H3,(H,33,40)(H,35,39);4-5,8,10-15,20H,6-7,9,16-18H2,1-3H3,(H,32,36)(H,33,35). The van der Waals surface area contributed by atoms with Crippen molar-refractivity contribution in [1.29, 1.82) is 0 Å². The number of ether oxygens (including phenoxy) is 3. The molecule has 5 aromatic heterocycles. The van der Waals surface area contributed by atoms with Crippen LogP contribution in [0.4, 0.5) is 31.4 Å². The lowest BCUT2D eigenvalue weighted by Gasteiger charge is -2.36. The van der Waals surface area contributed by atoms with E-state index in [0.717, 1.165) is 107 Å². The molecule has 122 heavy (non-hydrogen) atoms. The van der Waals surface area contributed by atoms with Crippen molar-refractivity contribution >= 4 is 119 Å². The molecule has 6 N–H and O–H groups in total. The highest BCUT2D eigenvalue weighted by atomic mass is 79.9. The molecule has 0 saturated carbocycles. The van der Waals surface area contributed by atoms with Gasteiger partial charge in [-0.15, -0.1) is 5.10 Å². The minimum atomic E-state index is -0.605. The van der Waals surface area contributed by atoms with Gasteiger partial charge in [-0.1, -0.05) is 112 Å². The van der Waals surface area contributed by atoms with Crippen molar-refractivity contribution < 1.29 is 57.4 Å². The second-order valence-electron chi connectivity index (χ2n) is 32.9. The monoisotopic (exact) mass is 1720 g/mol. The van der Waals surface area contributed by atoms with E-state index in [1.165, 1.54) is 18.6 Å². The van der Waals surface area contributed by atoms with E-state index in [1.807, 2.05) is 153 Å². The number of likely N-dealkylation sites (tertiary alicyclic amines) is 3. The molecule has 0 aliphatic carbocycles. The van der Waals surface area contributed by atoms with Crippen molar-refractivity contribution in [3.8, 4) is 0 Å². The van der Waals surface area contributed by atoms with Crippen LogP contribution in [0.3, 0.4) is 0 Å². The van der Waals surface area contributed by atoms with Crippen LogP contribution in [0.15, 0.2) is 189 Å². The van der Waals surface area contributed by atoms with Gasteiger partial charge in [0, 0.05) is 86.1 Å². The molecule has 3 saturated heterocycles. The Kier molecular flexibility index (Phi) is 29.2. The first-order valence-electron chi connectivity index (χ1n) is 41.0. The Balaban J connectivity index is 0.000000168. The summed E-state index contributed by atoms with van der Waals surface area (Å²) in [6.07, 6.45) is 17.9. The SMILES string of the molecule is CC(C)(C)OC(=O)N1CCCCC1CNC(=O)c1ncccc1NC(=O)c1ccc(CBr)c2ccccc12.CC(C)(C)OC(=O)N1CCCCC1CNC(=O)c1ncccc1NC(=O)c1ccc(Cn2ccnn2)c2ccccc12.CC(C)(C)OC(=O)N1CCCCC1CNC(=O)c1ncccc1NC(=O)c1ccc(Cn2nccn2)c2ccccc12. The Bertz CT molecular complexity index is 5340. The van der Waals surface area contributed by atoms with Gasteiger partial charge >= 0.3 is 18.3 Å². The fourth-order valence-corrected chi connectivity index (χ4v) is 15.4. The normalized spacial score (nSPS) is 15.4. The van der Waals surface area contributed by atoms with Crippen LogP contribution in [0.2, 0.25) is 0 Å². The zero-order chi connectivity index (χ0) is 86.7. The van der Waals surface area contributed by atoms with E-state index < -0.39 is 34.5 Å². The maximum absolute atomic E-state index is 13.5. The number of hydrogen-bond donors (Lipinski definition) is 6. The third-order valence-electron chi connectivity index (χ3n) is 20.6. The van der Waals surface area contributed by atoms with Gasteiger partial charge < -0.3 is 60.8 Å². The summed E-state index contributed by atoms with van der Waals surface area (Å²) in [5, 5.41) is 39.5. The number of pyridine rings is 3. The molecule has 3 atom stereocenters. The molecule has 14 rings (SSSR count). The van der Waals surface area contributed by atoms with Gasteiger partial charge in [0.05, 0.1) is 66.9 Å². The smallest absolute Gasteiger partial charge is 0.410 e. The number of carbonyl (C=O) groups excluding carboxylic acids is 9. The lowest BCUT2D eigenvalue weighted by molar-refractivity contribution is 0.00898. The minimum Gasteiger partial charge on any atom is -0.444 e. The number of hydrogen-bond acceptors (Lipinski definition) is 19. The predicted octanol–water partition coefficient (Wildman–Crippen LogP) is 15.2. The average molecular weight is 1720 g/mol. The Labute approximate surface area is 716 Å². The molecule has 636 valence electrons. The van der Waals surface area contributed by atoms with Crippen LogP contribution in [0.5, 0.6) is 0 Å². The van der Waals surface area contributed by atoms with Gasteiger partial charge in [-0.05, 0) is 224 Å². The number of aromatic nitrogens is 9. The molecular formula is C91H103BrN18O12. The van der Waals surface area contributed by atoms with Crippen molar-refractivity contribution in [3.63, 3.8) is 0 Å². The van der Waals surface area contributed by atoms with Gasteiger partial charge in [0.25, 0.3) is 35.4 Å². The summed E-state index contributed by atoms with van der Waals surface area (Å²) in [5.41, 5.74) is 3.91. The number of carbonyl (C=O) groups is 9. The molecule has 11 aromatic rings. The Hall–Kier alpha value is -13.1. The Morgan fingerprint density at radius 2 is 0.705 bits per heavy atom. The summed E-state index contributed by atoms with van der Waals surface area (Å²) in [5.74, 6) is -2.34. The van der Waals surface area contributed by atoms with E-state index >= 15 is 0 Å². The first-order chi connectivity index (χ1) is 58.6. The fraction of sp³-hybridized carbons (Fsp3) is 0.363. The quantitative estimate of drug-likeness (QED) is 0.0305. The fourth-order valence-electron chi connectivity index (χ4n) is 14.9. The van der Waals surface area contributed by atoms with Crippen molar-refractivity contribution in [2.75, 3.05) is 55.2 Å². The zero-order valence-electron chi connectivity index (χ0n) is 70.0. The number of alkyl halides is 1. The van der Waals surface area contributed by atoms with Crippen LogP contribution in [0.1, 0.15) is 199 Å². The molecule has 31 heteroatoms. The highest BCUT2D eigenvalue weighted by molar-refractivity contribution is 9.08. The van der Waals surface area contributed by atoms with Crippen LogP contribution < -0.4 is 31.9 Å². The molecule has 3 aliphatic rings. The first kappa shape index (κ1) is 88.2. The predicted molar refractivity (Wildman–Crippen MR) is 468 cm³/mol. The topological polar surface area (TPSA) is 363 Å². The second kappa shape index (κ2) is 40.3. The van der Waals surface area contributed by atoms with Crippen molar-refractivity contribution in [1.82, 2.24) is 75.6 Å².